The lowest BCUT2D eigenvalue weighted by molar-refractivity contribution is -0.137. The maximum absolute atomic E-state index is 13.3. The summed E-state index contributed by atoms with van der Waals surface area (Å²) in [6.07, 6.45) is -3.96. The summed E-state index contributed by atoms with van der Waals surface area (Å²) in [5.41, 5.74) is 1.40. The van der Waals surface area contributed by atoms with E-state index in [1.165, 1.54) is 17.0 Å². The number of carbonyl (C=O) groups excluding carboxylic acids is 1. The Morgan fingerprint density at radius 2 is 1.83 bits per heavy atom. The van der Waals surface area contributed by atoms with Gasteiger partial charge in [0, 0.05) is 41.8 Å². The van der Waals surface area contributed by atoms with Gasteiger partial charge in [-0.1, -0.05) is 23.2 Å². The third-order valence-corrected chi connectivity index (χ3v) is 5.44. The Bertz CT molecular complexity index is 1090. The molecule has 1 unspecified atom stereocenters. The minimum Gasteiger partial charge on any atom is -0.334 e. The highest BCUT2D eigenvalue weighted by atomic mass is 35.5. The SMILES string of the molecule is Cc1ccc2c(c1)c1c(n2-c2ccc(C(F)(F)F)cc2)CCN(C(=O)C(F)Cl)C1. The van der Waals surface area contributed by atoms with E-state index in [4.69, 9.17) is 11.6 Å². The molecule has 8 heteroatoms. The summed E-state index contributed by atoms with van der Waals surface area (Å²) in [4.78, 5) is 13.4. The fourth-order valence-corrected chi connectivity index (χ4v) is 4.03. The van der Waals surface area contributed by atoms with Gasteiger partial charge in [-0.15, -0.1) is 0 Å². The molecule has 3 nitrogen and oxygen atoms in total. The molecule has 1 atom stereocenters. The first-order valence-electron chi connectivity index (χ1n) is 9.04. The van der Waals surface area contributed by atoms with Gasteiger partial charge in [0.25, 0.3) is 11.5 Å². The van der Waals surface area contributed by atoms with Crippen LogP contribution in [0, 0.1) is 6.92 Å². The highest BCUT2D eigenvalue weighted by molar-refractivity contribution is 6.29. The highest BCUT2D eigenvalue weighted by Gasteiger charge is 2.32. The fourth-order valence-electron chi connectivity index (χ4n) is 3.89. The van der Waals surface area contributed by atoms with Crippen LogP contribution in [0.25, 0.3) is 16.6 Å². The molecule has 0 saturated carbocycles. The number of halogens is 5. The fraction of sp³-hybridized carbons (Fsp3) is 0.286. The van der Waals surface area contributed by atoms with Gasteiger partial charge in [0.15, 0.2) is 0 Å². The summed E-state index contributed by atoms with van der Waals surface area (Å²) >= 11 is 5.33. The van der Waals surface area contributed by atoms with Gasteiger partial charge in [0.05, 0.1) is 11.1 Å². The minimum atomic E-state index is -4.40. The monoisotopic (exact) mass is 424 g/mol. The number of carbonyl (C=O) groups is 1. The molecule has 0 spiro atoms. The summed E-state index contributed by atoms with van der Waals surface area (Å²) in [5.74, 6) is -0.777. The average molecular weight is 425 g/mol. The van der Waals surface area contributed by atoms with E-state index in [0.717, 1.165) is 39.9 Å². The number of aromatic nitrogens is 1. The summed E-state index contributed by atoms with van der Waals surface area (Å²) < 4.78 is 54.0. The van der Waals surface area contributed by atoms with Crippen molar-refractivity contribution in [3.05, 3.63) is 64.8 Å². The zero-order valence-corrected chi connectivity index (χ0v) is 16.2. The standard InChI is InChI=1S/C21H17ClF4N2O/c1-12-2-7-17-15(10-12)16-11-27(20(29)19(22)23)9-8-18(16)28(17)14-5-3-13(4-6-14)21(24,25)26/h2-7,10,19H,8-9,11H2,1H3. The summed E-state index contributed by atoms with van der Waals surface area (Å²) in [7, 11) is 0. The lowest BCUT2D eigenvalue weighted by Gasteiger charge is -2.28. The summed E-state index contributed by atoms with van der Waals surface area (Å²) in [5, 5.41) is 0.891. The third kappa shape index (κ3) is 3.48. The molecule has 0 saturated heterocycles. The number of hydrogen-bond acceptors (Lipinski definition) is 1. The van der Waals surface area contributed by atoms with Crippen LogP contribution in [0.15, 0.2) is 42.5 Å². The molecule has 2 heterocycles. The van der Waals surface area contributed by atoms with Crippen molar-refractivity contribution in [2.24, 2.45) is 0 Å². The van der Waals surface area contributed by atoms with E-state index in [-0.39, 0.29) is 13.1 Å². The Morgan fingerprint density at radius 1 is 1.14 bits per heavy atom. The van der Waals surface area contributed by atoms with E-state index in [0.29, 0.717) is 12.1 Å². The third-order valence-electron chi connectivity index (χ3n) is 5.26. The van der Waals surface area contributed by atoms with E-state index in [1.54, 1.807) is 0 Å². The number of fused-ring (bicyclic) bond motifs is 3. The van der Waals surface area contributed by atoms with E-state index in [2.05, 4.69) is 0 Å². The molecule has 2 aromatic carbocycles. The molecule has 1 aliphatic rings. The molecular weight excluding hydrogens is 408 g/mol. The van der Waals surface area contributed by atoms with Crippen LogP contribution in [-0.4, -0.2) is 27.5 Å². The number of amides is 1. The Morgan fingerprint density at radius 3 is 2.45 bits per heavy atom. The van der Waals surface area contributed by atoms with Crippen molar-refractivity contribution in [2.75, 3.05) is 6.54 Å². The predicted octanol–water partition coefficient (Wildman–Crippen LogP) is 5.38. The van der Waals surface area contributed by atoms with E-state index in [1.807, 2.05) is 29.7 Å². The normalized spacial score (nSPS) is 15.4. The Labute approximate surface area is 169 Å². The second-order valence-corrected chi connectivity index (χ2v) is 7.52. The van der Waals surface area contributed by atoms with Crippen LogP contribution in [0.1, 0.15) is 22.4 Å². The van der Waals surface area contributed by atoms with Crippen LogP contribution < -0.4 is 0 Å². The van der Waals surface area contributed by atoms with Crippen LogP contribution in [0.2, 0.25) is 0 Å². The van der Waals surface area contributed by atoms with Crippen LogP contribution in [-0.2, 0) is 23.9 Å². The van der Waals surface area contributed by atoms with Gasteiger partial charge in [-0.05, 0) is 43.3 Å². The number of rotatable bonds is 2. The first-order valence-corrected chi connectivity index (χ1v) is 9.48. The van der Waals surface area contributed by atoms with Gasteiger partial charge >= 0.3 is 6.18 Å². The maximum Gasteiger partial charge on any atom is 0.416 e. The highest BCUT2D eigenvalue weighted by Crippen LogP contribution is 2.36. The Kier molecular flexibility index (Phi) is 4.81. The van der Waals surface area contributed by atoms with Crippen molar-refractivity contribution in [3.63, 3.8) is 0 Å². The average Bonchev–Trinajstić information content (AvgIpc) is 2.99. The van der Waals surface area contributed by atoms with Crippen LogP contribution >= 0.6 is 11.6 Å². The molecule has 0 N–H and O–H groups in total. The molecule has 0 aliphatic carbocycles. The largest absolute Gasteiger partial charge is 0.416 e. The van der Waals surface area contributed by atoms with Crippen molar-refractivity contribution >= 4 is 28.4 Å². The molecule has 0 radical (unpaired) electrons. The van der Waals surface area contributed by atoms with Crippen molar-refractivity contribution in [3.8, 4) is 5.69 Å². The molecular formula is C21H17ClF4N2O. The molecule has 1 aliphatic heterocycles. The van der Waals surface area contributed by atoms with E-state index < -0.39 is 23.3 Å². The first kappa shape index (κ1) is 19.8. The Hall–Kier alpha value is -2.54. The molecule has 0 fully saturated rings. The molecule has 0 bridgehead atoms. The van der Waals surface area contributed by atoms with Gasteiger partial charge in [-0.3, -0.25) is 4.79 Å². The summed E-state index contributed by atoms with van der Waals surface area (Å²) in [6, 6.07) is 10.8. The van der Waals surface area contributed by atoms with E-state index >= 15 is 0 Å². The molecule has 29 heavy (non-hydrogen) atoms. The van der Waals surface area contributed by atoms with E-state index in [9.17, 15) is 22.4 Å². The summed E-state index contributed by atoms with van der Waals surface area (Å²) in [6.45, 7) is 2.42. The number of benzene rings is 2. The quantitative estimate of drug-likeness (QED) is 0.400. The second-order valence-electron chi connectivity index (χ2n) is 7.14. The number of nitrogens with zero attached hydrogens (tertiary/aromatic N) is 2. The minimum absolute atomic E-state index is 0.203. The van der Waals surface area contributed by atoms with Gasteiger partial charge in [-0.2, -0.15) is 13.2 Å². The van der Waals surface area contributed by atoms with Gasteiger partial charge in [-0.25, -0.2) is 4.39 Å². The van der Waals surface area contributed by atoms with Crippen LogP contribution in [0.4, 0.5) is 17.6 Å². The van der Waals surface area contributed by atoms with Crippen molar-refractivity contribution < 1.29 is 22.4 Å². The number of aryl methyl sites for hydroxylation is 1. The number of hydrogen-bond donors (Lipinski definition) is 0. The van der Waals surface area contributed by atoms with Gasteiger partial charge in [0.1, 0.15) is 0 Å². The molecule has 3 aromatic rings. The Balaban J connectivity index is 1.85. The topological polar surface area (TPSA) is 25.2 Å². The zero-order chi connectivity index (χ0) is 20.9. The first-order chi connectivity index (χ1) is 13.7. The number of alkyl halides is 5. The van der Waals surface area contributed by atoms with Gasteiger partial charge < -0.3 is 9.47 Å². The smallest absolute Gasteiger partial charge is 0.334 e. The molecule has 1 amide bonds. The van der Waals surface area contributed by atoms with Crippen LogP contribution in [0.3, 0.4) is 0 Å². The van der Waals surface area contributed by atoms with Crippen molar-refractivity contribution in [1.29, 1.82) is 0 Å². The lowest BCUT2D eigenvalue weighted by atomic mass is 10.0. The molecule has 4 rings (SSSR count). The zero-order valence-electron chi connectivity index (χ0n) is 15.4. The second kappa shape index (κ2) is 7.06. The maximum atomic E-state index is 13.3. The van der Waals surface area contributed by atoms with Crippen molar-refractivity contribution in [2.45, 2.75) is 31.7 Å². The lowest BCUT2D eigenvalue weighted by Crippen LogP contribution is -2.39. The molecule has 1 aromatic heterocycles. The van der Waals surface area contributed by atoms with Gasteiger partial charge in [0.2, 0.25) is 0 Å². The molecule has 152 valence electrons. The van der Waals surface area contributed by atoms with Crippen molar-refractivity contribution in [1.82, 2.24) is 9.47 Å². The predicted molar refractivity (Wildman–Crippen MR) is 103 cm³/mol. The van der Waals surface area contributed by atoms with Crippen LogP contribution in [0.5, 0.6) is 0 Å².